The molecule has 3 aromatic rings. The van der Waals surface area contributed by atoms with Crippen LogP contribution >= 0.6 is 11.6 Å². The van der Waals surface area contributed by atoms with E-state index in [0.717, 1.165) is 17.7 Å². The Bertz CT molecular complexity index is 1540. The van der Waals surface area contributed by atoms with Gasteiger partial charge in [0.25, 0.3) is 5.91 Å². The number of aliphatic hydroxyl groups is 2. The molecule has 1 heterocycles. The number of aryl methyl sites for hydroxylation is 1. The molecule has 2 aliphatic carbocycles. The summed E-state index contributed by atoms with van der Waals surface area (Å²) in [6.07, 6.45) is 1.64. The van der Waals surface area contributed by atoms with Gasteiger partial charge in [-0.25, -0.2) is 17.2 Å². The number of rotatable bonds is 6. The summed E-state index contributed by atoms with van der Waals surface area (Å²) in [5.41, 5.74) is -0.308. The van der Waals surface area contributed by atoms with Crippen molar-refractivity contribution in [3.8, 4) is 0 Å². The zero-order valence-electron chi connectivity index (χ0n) is 20.9. The van der Waals surface area contributed by atoms with E-state index in [1.54, 1.807) is 18.3 Å². The molecule has 2 fully saturated rings. The molecule has 2 bridgehead atoms. The number of hydrogen-bond acceptors (Lipinski definition) is 6. The van der Waals surface area contributed by atoms with E-state index in [0.29, 0.717) is 18.5 Å². The molecule has 2 saturated carbocycles. The summed E-state index contributed by atoms with van der Waals surface area (Å²) in [5.74, 6) is -3.88. The molecule has 2 aliphatic rings. The minimum Gasteiger partial charge on any atom is -0.386 e. The van der Waals surface area contributed by atoms with E-state index >= 15 is 0 Å². The second-order valence-electron chi connectivity index (χ2n) is 10.4. The van der Waals surface area contributed by atoms with E-state index in [4.69, 9.17) is 11.6 Å². The topological polar surface area (TPSA) is 117 Å². The number of aromatic nitrogens is 1. The van der Waals surface area contributed by atoms with Crippen molar-refractivity contribution in [2.24, 2.45) is 11.8 Å². The molecule has 3 unspecified atom stereocenters. The summed E-state index contributed by atoms with van der Waals surface area (Å²) in [4.78, 5) is 16.8. The predicted molar refractivity (Wildman–Crippen MR) is 141 cm³/mol. The summed E-state index contributed by atoms with van der Waals surface area (Å²) in [6.45, 7) is 1.86. The average Bonchev–Trinajstić information content (AvgIpc) is 3.05. The summed E-state index contributed by atoms with van der Waals surface area (Å²) in [5, 5.41) is 24.3. The van der Waals surface area contributed by atoms with Crippen LogP contribution in [0.4, 0.5) is 14.5 Å². The number of benzene rings is 2. The maximum Gasteiger partial charge on any atom is 0.255 e. The van der Waals surface area contributed by atoms with E-state index in [-0.39, 0.29) is 34.0 Å². The molecule has 1 aromatic heterocycles. The number of fused-ring (bicyclic) bond motifs is 2. The minimum atomic E-state index is -4.04. The van der Waals surface area contributed by atoms with Gasteiger partial charge in [0.05, 0.1) is 20.9 Å². The quantitative estimate of drug-likeness (QED) is 0.380. The normalized spacial score (nSPS) is 25.3. The molecule has 0 radical (unpaired) electrons. The molecule has 5 atom stereocenters. The van der Waals surface area contributed by atoms with Crippen LogP contribution in [0.5, 0.6) is 0 Å². The number of nitrogens with one attached hydrogen (secondary N) is 1. The number of anilines is 1. The lowest BCUT2D eigenvalue weighted by molar-refractivity contribution is -0.145. The highest BCUT2D eigenvalue weighted by atomic mass is 35.5. The number of aliphatic hydroxyl groups excluding tert-OH is 1. The van der Waals surface area contributed by atoms with Gasteiger partial charge in [-0.3, -0.25) is 9.78 Å². The van der Waals surface area contributed by atoms with Crippen molar-refractivity contribution in [1.82, 2.24) is 4.98 Å². The molecular formula is C28H27ClF2N2O5S. The van der Waals surface area contributed by atoms with Crippen LogP contribution in [-0.2, 0) is 9.84 Å². The van der Waals surface area contributed by atoms with Crippen LogP contribution in [0.15, 0.2) is 59.6 Å². The lowest BCUT2D eigenvalue weighted by Crippen LogP contribution is -2.52. The fourth-order valence-corrected chi connectivity index (χ4v) is 8.41. The van der Waals surface area contributed by atoms with E-state index in [2.05, 4.69) is 10.3 Å². The smallest absolute Gasteiger partial charge is 0.255 e. The first-order chi connectivity index (χ1) is 18.4. The maximum atomic E-state index is 13.8. The Balaban J connectivity index is 1.39. The molecule has 2 aromatic carbocycles. The van der Waals surface area contributed by atoms with Crippen molar-refractivity contribution in [1.29, 1.82) is 0 Å². The largest absolute Gasteiger partial charge is 0.386 e. The second-order valence-corrected chi connectivity index (χ2v) is 13.0. The molecule has 206 valence electrons. The van der Waals surface area contributed by atoms with Gasteiger partial charge in [0.1, 0.15) is 11.7 Å². The van der Waals surface area contributed by atoms with Crippen LogP contribution in [0.25, 0.3) is 0 Å². The lowest BCUT2D eigenvalue weighted by Gasteiger charge is -2.45. The van der Waals surface area contributed by atoms with Crippen molar-refractivity contribution in [3.63, 3.8) is 0 Å². The third-order valence-corrected chi connectivity index (χ3v) is 10.7. The Morgan fingerprint density at radius 2 is 1.77 bits per heavy atom. The standard InChI is InChI=1S/C28H27ClF2N2O5S/c1-15-8-9-32-24(10-15)26(34)28(36)17-3-4-18(28)13-20(12-17)39(37,38)25-11-16(2-6-21(25)29)27(35)33-19-5-7-22(30)23(31)14-19/h2,5-11,14,17-18,20,26,34,36H,3-4,12-13H2,1H3,(H,33,35)/t17-,18?,20?,26+,28?/m0/s1. The third-order valence-electron chi connectivity index (χ3n) is 8.04. The molecule has 11 heteroatoms. The van der Waals surface area contributed by atoms with Gasteiger partial charge in [0.2, 0.25) is 0 Å². The van der Waals surface area contributed by atoms with E-state index in [1.807, 2.05) is 6.92 Å². The second kappa shape index (κ2) is 10.2. The molecule has 0 saturated heterocycles. The van der Waals surface area contributed by atoms with Gasteiger partial charge in [-0.15, -0.1) is 0 Å². The SMILES string of the molecule is Cc1ccnc([C@@H](O)C2(O)C3CC[C@H]2CC(S(=O)(=O)c2cc(C(=O)Nc4ccc(F)c(F)c4)ccc2Cl)C3)c1. The first-order valence-electron chi connectivity index (χ1n) is 12.5. The summed E-state index contributed by atoms with van der Waals surface area (Å²) < 4.78 is 54.3. The summed E-state index contributed by atoms with van der Waals surface area (Å²) in [7, 11) is -4.04. The van der Waals surface area contributed by atoms with Gasteiger partial charge in [-0.05, 0) is 92.5 Å². The molecule has 3 N–H and O–H groups in total. The van der Waals surface area contributed by atoms with Crippen LogP contribution in [0.2, 0.25) is 5.02 Å². The van der Waals surface area contributed by atoms with Crippen LogP contribution in [-0.4, -0.2) is 40.4 Å². The molecule has 0 spiro atoms. The van der Waals surface area contributed by atoms with Crippen molar-refractivity contribution in [2.45, 2.75) is 54.5 Å². The van der Waals surface area contributed by atoms with Crippen molar-refractivity contribution in [3.05, 3.63) is 88.2 Å². The third kappa shape index (κ3) is 4.95. The van der Waals surface area contributed by atoms with Gasteiger partial charge in [-0.2, -0.15) is 0 Å². The number of hydrogen-bond donors (Lipinski definition) is 3. The van der Waals surface area contributed by atoms with Gasteiger partial charge >= 0.3 is 0 Å². The Labute approximate surface area is 229 Å². The molecule has 39 heavy (non-hydrogen) atoms. The first kappa shape index (κ1) is 27.6. The Morgan fingerprint density at radius 1 is 1.08 bits per heavy atom. The number of carbonyl (C=O) groups is 1. The van der Waals surface area contributed by atoms with Crippen molar-refractivity contribution >= 4 is 33.0 Å². The summed E-state index contributed by atoms with van der Waals surface area (Å²) >= 11 is 6.29. The van der Waals surface area contributed by atoms with Gasteiger partial charge in [-0.1, -0.05) is 11.6 Å². The zero-order valence-corrected chi connectivity index (χ0v) is 22.5. The van der Waals surface area contributed by atoms with Crippen LogP contribution < -0.4 is 5.32 Å². The van der Waals surface area contributed by atoms with E-state index in [1.165, 1.54) is 24.3 Å². The highest BCUT2D eigenvalue weighted by Crippen LogP contribution is 2.56. The minimum absolute atomic E-state index is 0.00283. The highest BCUT2D eigenvalue weighted by molar-refractivity contribution is 7.92. The van der Waals surface area contributed by atoms with E-state index in [9.17, 15) is 32.2 Å². The number of halogens is 3. The van der Waals surface area contributed by atoms with Crippen molar-refractivity contribution < 1.29 is 32.2 Å². The summed E-state index contributed by atoms with van der Waals surface area (Å²) in [6, 6.07) is 10.2. The number of amides is 1. The average molecular weight is 577 g/mol. The van der Waals surface area contributed by atoms with Crippen LogP contribution in [0, 0.1) is 30.4 Å². The van der Waals surface area contributed by atoms with Crippen molar-refractivity contribution in [2.75, 3.05) is 5.32 Å². The Kier molecular flexibility index (Phi) is 7.26. The Morgan fingerprint density at radius 3 is 2.41 bits per heavy atom. The molecule has 0 aliphatic heterocycles. The number of sulfone groups is 1. The molecule has 1 amide bonds. The zero-order chi connectivity index (χ0) is 28.1. The van der Waals surface area contributed by atoms with Crippen LogP contribution in [0.1, 0.15) is 53.4 Å². The fraction of sp³-hybridized carbons (Fsp3) is 0.357. The number of carbonyl (C=O) groups excluding carboxylic acids is 1. The highest BCUT2D eigenvalue weighted by Gasteiger charge is 2.59. The Hall–Kier alpha value is -2.92. The number of nitrogens with zero attached hydrogens (tertiary/aromatic N) is 1. The fourth-order valence-electron chi connectivity index (χ4n) is 6.01. The van der Waals surface area contributed by atoms with E-state index < -0.39 is 56.2 Å². The van der Waals surface area contributed by atoms with Gasteiger partial charge in [0.15, 0.2) is 21.5 Å². The predicted octanol–water partition coefficient (Wildman–Crippen LogP) is 5.00. The number of pyridine rings is 1. The lowest BCUT2D eigenvalue weighted by atomic mass is 9.70. The maximum absolute atomic E-state index is 13.8. The first-order valence-corrected chi connectivity index (χ1v) is 14.5. The van der Waals surface area contributed by atoms with Gasteiger partial charge < -0.3 is 15.5 Å². The molecule has 5 rings (SSSR count). The van der Waals surface area contributed by atoms with Crippen LogP contribution in [0.3, 0.4) is 0 Å². The monoisotopic (exact) mass is 576 g/mol. The molecule has 7 nitrogen and oxygen atoms in total. The van der Waals surface area contributed by atoms with Gasteiger partial charge in [0, 0.05) is 23.5 Å². The molecular weight excluding hydrogens is 550 g/mol.